The van der Waals surface area contributed by atoms with E-state index in [1.54, 1.807) is 6.92 Å². The zero-order valence-electron chi connectivity index (χ0n) is 9.39. The SMILES string of the molecule is CCN(CC(=O)O)c1cc(Cl)c(F)cc1[N+](=O)[O-]. The van der Waals surface area contributed by atoms with Crippen molar-refractivity contribution in [3.8, 4) is 0 Å². The van der Waals surface area contributed by atoms with Gasteiger partial charge in [0.1, 0.15) is 18.0 Å². The molecule has 1 aromatic rings. The number of nitrogens with zero attached hydrogens (tertiary/aromatic N) is 2. The van der Waals surface area contributed by atoms with E-state index in [4.69, 9.17) is 16.7 Å². The lowest BCUT2D eigenvalue weighted by molar-refractivity contribution is -0.384. The van der Waals surface area contributed by atoms with Crippen LogP contribution in [0, 0.1) is 15.9 Å². The Bertz CT molecular complexity index is 495. The predicted molar refractivity (Wildman–Crippen MR) is 63.6 cm³/mol. The van der Waals surface area contributed by atoms with Gasteiger partial charge in [0.25, 0.3) is 5.69 Å². The fraction of sp³-hybridized carbons (Fsp3) is 0.300. The summed E-state index contributed by atoms with van der Waals surface area (Å²) < 4.78 is 13.2. The van der Waals surface area contributed by atoms with Gasteiger partial charge in [-0.15, -0.1) is 0 Å². The van der Waals surface area contributed by atoms with E-state index < -0.39 is 28.9 Å². The van der Waals surface area contributed by atoms with E-state index in [0.717, 1.165) is 6.07 Å². The van der Waals surface area contributed by atoms with Crippen LogP contribution in [0.2, 0.25) is 5.02 Å². The summed E-state index contributed by atoms with van der Waals surface area (Å²) in [4.78, 5) is 21.9. The van der Waals surface area contributed by atoms with Crippen LogP contribution >= 0.6 is 11.6 Å². The minimum Gasteiger partial charge on any atom is -0.480 e. The Morgan fingerprint density at radius 1 is 1.61 bits per heavy atom. The number of rotatable bonds is 5. The van der Waals surface area contributed by atoms with Crippen LogP contribution in [0.3, 0.4) is 0 Å². The fourth-order valence-corrected chi connectivity index (χ4v) is 1.61. The molecule has 0 heterocycles. The molecule has 18 heavy (non-hydrogen) atoms. The van der Waals surface area contributed by atoms with Crippen LogP contribution < -0.4 is 4.90 Å². The highest BCUT2D eigenvalue weighted by atomic mass is 35.5. The molecule has 0 spiro atoms. The number of likely N-dealkylation sites (N-methyl/N-ethyl adjacent to an activating group) is 1. The molecule has 1 rings (SSSR count). The van der Waals surface area contributed by atoms with Crippen LogP contribution in [0.4, 0.5) is 15.8 Å². The maximum Gasteiger partial charge on any atom is 0.323 e. The monoisotopic (exact) mass is 276 g/mol. The van der Waals surface area contributed by atoms with Gasteiger partial charge >= 0.3 is 5.97 Å². The van der Waals surface area contributed by atoms with Gasteiger partial charge in [-0.25, -0.2) is 4.39 Å². The largest absolute Gasteiger partial charge is 0.480 e. The molecule has 0 radical (unpaired) electrons. The number of aliphatic carboxylic acids is 1. The number of benzene rings is 1. The molecule has 0 saturated carbocycles. The summed E-state index contributed by atoms with van der Waals surface area (Å²) in [6, 6.07) is 1.74. The van der Waals surface area contributed by atoms with E-state index >= 15 is 0 Å². The lowest BCUT2D eigenvalue weighted by Crippen LogP contribution is -2.30. The number of hydrogen-bond acceptors (Lipinski definition) is 4. The van der Waals surface area contributed by atoms with Crippen molar-refractivity contribution in [2.45, 2.75) is 6.92 Å². The second kappa shape index (κ2) is 5.63. The number of nitro benzene ring substituents is 1. The Labute approximate surface area is 107 Å². The second-order valence-corrected chi connectivity index (χ2v) is 3.83. The van der Waals surface area contributed by atoms with Crippen LogP contribution in [-0.2, 0) is 4.79 Å². The van der Waals surface area contributed by atoms with Crippen LogP contribution in [0.5, 0.6) is 0 Å². The van der Waals surface area contributed by atoms with Crippen molar-refractivity contribution in [3.63, 3.8) is 0 Å². The summed E-state index contributed by atoms with van der Waals surface area (Å²) in [7, 11) is 0. The zero-order chi connectivity index (χ0) is 13.9. The van der Waals surface area contributed by atoms with E-state index in [9.17, 15) is 19.3 Å². The van der Waals surface area contributed by atoms with Crippen molar-refractivity contribution >= 4 is 28.9 Å². The molecular weight excluding hydrogens is 267 g/mol. The van der Waals surface area contributed by atoms with Crippen LogP contribution in [0.1, 0.15) is 6.92 Å². The summed E-state index contributed by atoms with van der Waals surface area (Å²) in [5, 5.41) is 19.2. The molecule has 0 bridgehead atoms. The van der Waals surface area contributed by atoms with Crippen LogP contribution in [0.15, 0.2) is 12.1 Å². The first-order valence-electron chi connectivity index (χ1n) is 4.97. The fourth-order valence-electron chi connectivity index (χ4n) is 1.46. The van der Waals surface area contributed by atoms with Gasteiger partial charge in [-0.2, -0.15) is 0 Å². The van der Waals surface area contributed by atoms with Crippen molar-refractivity contribution in [1.82, 2.24) is 0 Å². The lowest BCUT2D eigenvalue weighted by atomic mass is 10.2. The minimum absolute atomic E-state index is 0.0173. The Kier molecular flexibility index (Phi) is 4.43. The Morgan fingerprint density at radius 2 is 2.22 bits per heavy atom. The Balaban J connectivity index is 3.31. The minimum atomic E-state index is -1.15. The maximum absolute atomic E-state index is 13.2. The quantitative estimate of drug-likeness (QED) is 0.659. The van der Waals surface area contributed by atoms with Gasteiger partial charge in [0.2, 0.25) is 0 Å². The van der Waals surface area contributed by atoms with Gasteiger partial charge in [-0.1, -0.05) is 11.6 Å². The summed E-state index contributed by atoms with van der Waals surface area (Å²) in [5.41, 5.74) is -0.531. The number of carboxylic acids is 1. The number of halogens is 2. The molecule has 6 nitrogen and oxygen atoms in total. The molecular formula is C10H10ClFN2O4. The number of nitro groups is 1. The van der Waals surface area contributed by atoms with Gasteiger partial charge in [-0.05, 0) is 13.0 Å². The highest BCUT2D eigenvalue weighted by Gasteiger charge is 2.23. The average Bonchev–Trinajstić information content (AvgIpc) is 2.28. The van der Waals surface area contributed by atoms with E-state index in [1.807, 2.05) is 0 Å². The molecule has 98 valence electrons. The molecule has 8 heteroatoms. The van der Waals surface area contributed by atoms with Crippen molar-refractivity contribution in [2.24, 2.45) is 0 Å². The van der Waals surface area contributed by atoms with Gasteiger partial charge < -0.3 is 10.0 Å². The van der Waals surface area contributed by atoms with Crippen molar-refractivity contribution in [1.29, 1.82) is 0 Å². The summed E-state index contributed by atoms with van der Waals surface area (Å²) >= 11 is 5.56. The first-order valence-corrected chi connectivity index (χ1v) is 5.34. The molecule has 0 aliphatic carbocycles. The normalized spacial score (nSPS) is 10.2. The number of hydrogen-bond donors (Lipinski definition) is 1. The smallest absolute Gasteiger partial charge is 0.323 e. The third kappa shape index (κ3) is 3.07. The molecule has 0 aliphatic heterocycles. The van der Waals surface area contributed by atoms with E-state index in [0.29, 0.717) is 6.07 Å². The highest BCUT2D eigenvalue weighted by Crippen LogP contribution is 2.33. The topological polar surface area (TPSA) is 83.7 Å². The maximum atomic E-state index is 13.2. The summed E-state index contributed by atoms with van der Waals surface area (Å²) in [6.07, 6.45) is 0. The zero-order valence-corrected chi connectivity index (χ0v) is 10.1. The Hall–Kier alpha value is -1.89. The Morgan fingerprint density at radius 3 is 2.67 bits per heavy atom. The molecule has 0 fully saturated rings. The number of carboxylic acid groups (broad SMARTS) is 1. The molecule has 0 saturated heterocycles. The number of carbonyl (C=O) groups is 1. The molecule has 0 aromatic heterocycles. The van der Waals surface area contributed by atoms with Crippen LogP contribution in [0.25, 0.3) is 0 Å². The molecule has 0 unspecified atom stereocenters. The van der Waals surface area contributed by atoms with Gasteiger partial charge in [0, 0.05) is 6.54 Å². The number of anilines is 1. The van der Waals surface area contributed by atoms with Crippen LogP contribution in [-0.4, -0.2) is 29.1 Å². The van der Waals surface area contributed by atoms with Gasteiger partial charge in [0.15, 0.2) is 0 Å². The predicted octanol–water partition coefficient (Wildman–Crippen LogP) is 2.30. The first kappa shape index (κ1) is 14.2. The molecule has 1 aromatic carbocycles. The third-order valence-electron chi connectivity index (χ3n) is 2.26. The lowest BCUT2D eigenvalue weighted by Gasteiger charge is -2.20. The third-order valence-corrected chi connectivity index (χ3v) is 2.55. The summed E-state index contributed by atoms with van der Waals surface area (Å²) in [6.45, 7) is 1.42. The molecule has 1 N–H and O–H groups in total. The molecule has 0 amide bonds. The van der Waals surface area contributed by atoms with Gasteiger partial charge in [-0.3, -0.25) is 14.9 Å². The molecule has 0 atom stereocenters. The summed E-state index contributed by atoms with van der Waals surface area (Å²) in [5.74, 6) is -2.06. The van der Waals surface area contributed by atoms with E-state index in [-0.39, 0.29) is 17.3 Å². The first-order chi connectivity index (χ1) is 8.36. The second-order valence-electron chi connectivity index (χ2n) is 3.42. The van der Waals surface area contributed by atoms with Crippen molar-refractivity contribution in [2.75, 3.05) is 18.0 Å². The van der Waals surface area contributed by atoms with E-state index in [1.165, 1.54) is 4.90 Å². The highest BCUT2D eigenvalue weighted by molar-refractivity contribution is 6.31. The standard InChI is InChI=1S/C10H10ClFN2O4/c1-2-13(5-10(15)16)8-3-6(11)7(12)4-9(8)14(17)18/h3-4H,2,5H2,1H3,(H,15,16). The van der Waals surface area contributed by atoms with Crippen molar-refractivity contribution < 1.29 is 19.2 Å². The van der Waals surface area contributed by atoms with Crippen molar-refractivity contribution in [3.05, 3.63) is 33.1 Å². The van der Waals surface area contributed by atoms with E-state index in [2.05, 4.69) is 0 Å². The van der Waals surface area contributed by atoms with Gasteiger partial charge in [0.05, 0.1) is 16.0 Å². The molecule has 0 aliphatic rings. The average molecular weight is 277 g/mol.